The van der Waals surface area contributed by atoms with E-state index in [1.54, 1.807) is 0 Å². The number of unbranched alkanes of at least 4 members (excludes halogenated alkanes) is 1. The second kappa shape index (κ2) is 5.02. The number of allylic oxidation sites excluding steroid dienone is 1. The van der Waals surface area contributed by atoms with Crippen molar-refractivity contribution in [3.63, 3.8) is 0 Å². The molecule has 0 radical (unpaired) electrons. The van der Waals surface area contributed by atoms with Crippen LogP contribution in [0.2, 0.25) is 0 Å². The molecule has 1 rings (SSSR count). The summed E-state index contributed by atoms with van der Waals surface area (Å²) in [4.78, 5) is 10.8. The van der Waals surface area contributed by atoms with Crippen molar-refractivity contribution in [3.8, 4) is 0 Å². The van der Waals surface area contributed by atoms with Gasteiger partial charge in [-0.25, -0.2) is 0 Å². The third-order valence-corrected chi connectivity index (χ3v) is 2.31. The zero-order valence-corrected chi connectivity index (χ0v) is 7.83. The van der Waals surface area contributed by atoms with Gasteiger partial charge in [0.2, 0.25) is 0 Å². The van der Waals surface area contributed by atoms with Crippen molar-refractivity contribution >= 4 is 5.97 Å². The van der Waals surface area contributed by atoms with E-state index in [0.29, 0.717) is 5.92 Å². The van der Waals surface area contributed by atoms with Crippen molar-refractivity contribution < 1.29 is 9.90 Å². The van der Waals surface area contributed by atoms with Crippen molar-refractivity contribution in [1.29, 1.82) is 0 Å². The van der Waals surface area contributed by atoms with E-state index in [-0.39, 0.29) is 6.04 Å². The highest BCUT2D eigenvalue weighted by molar-refractivity contribution is 5.74. The Kier molecular flexibility index (Phi) is 3.96. The molecule has 74 valence electrons. The number of hydrogen-bond acceptors (Lipinski definition) is 2. The summed E-state index contributed by atoms with van der Waals surface area (Å²) in [5.74, 6) is -0.331. The molecule has 0 heterocycles. The van der Waals surface area contributed by atoms with Gasteiger partial charge in [-0.05, 0) is 38.1 Å². The first-order valence-electron chi connectivity index (χ1n) is 4.82. The SMILES string of the molecule is C=CCCCNC(C(=O)O)C1CC1. The number of carboxylic acids is 1. The standard InChI is InChI=1S/C10H17NO2/c1-2-3-4-7-11-9(10(12)13)8-5-6-8/h2,8-9,11H,1,3-7H2,(H,12,13). The van der Waals surface area contributed by atoms with Gasteiger partial charge >= 0.3 is 5.97 Å². The minimum absolute atomic E-state index is 0.315. The minimum atomic E-state index is -0.707. The molecule has 1 fully saturated rings. The average molecular weight is 183 g/mol. The third-order valence-electron chi connectivity index (χ3n) is 2.31. The number of aliphatic carboxylic acids is 1. The highest BCUT2D eigenvalue weighted by atomic mass is 16.4. The number of hydrogen-bond donors (Lipinski definition) is 2. The number of carbonyl (C=O) groups is 1. The first kappa shape index (κ1) is 10.3. The van der Waals surface area contributed by atoms with Crippen LogP contribution in [0.15, 0.2) is 12.7 Å². The van der Waals surface area contributed by atoms with Crippen LogP contribution < -0.4 is 5.32 Å². The predicted molar refractivity (Wildman–Crippen MR) is 51.6 cm³/mol. The molecule has 0 aliphatic heterocycles. The first-order chi connectivity index (χ1) is 6.25. The normalized spacial score (nSPS) is 18.2. The summed E-state index contributed by atoms with van der Waals surface area (Å²) < 4.78 is 0. The molecule has 0 spiro atoms. The predicted octanol–water partition coefficient (Wildman–Crippen LogP) is 1.41. The van der Waals surface area contributed by atoms with E-state index < -0.39 is 5.97 Å². The summed E-state index contributed by atoms with van der Waals surface area (Å²) in [7, 11) is 0. The van der Waals surface area contributed by atoms with Gasteiger partial charge in [0, 0.05) is 0 Å². The average Bonchev–Trinajstić information content (AvgIpc) is 2.87. The molecule has 0 bridgehead atoms. The smallest absolute Gasteiger partial charge is 0.320 e. The van der Waals surface area contributed by atoms with E-state index in [0.717, 1.165) is 32.2 Å². The molecule has 0 saturated heterocycles. The minimum Gasteiger partial charge on any atom is -0.480 e. The lowest BCUT2D eigenvalue weighted by Crippen LogP contribution is -2.38. The second-order valence-electron chi connectivity index (χ2n) is 3.54. The lowest BCUT2D eigenvalue weighted by molar-refractivity contribution is -0.140. The van der Waals surface area contributed by atoms with Gasteiger partial charge < -0.3 is 10.4 Å². The topological polar surface area (TPSA) is 49.3 Å². The molecule has 1 aliphatic rings. The van der Waals surface area contributed by atoms with Crippen LogP contribution in [0.25, 0.3) is 0 Å². The summed E-state index contributed by atoms with van der Waals surface area (Å²) in [6.07, 6.45) is 5.90. The Labute approximate surface area is 78.8 Å². The maximum absolute atomic E-state index is 10.8. The van der Waals surface area contributed by atoms with Crippen LogP contribution in [0.4, 0.5) is 0 Å². The number of rotatable bonds is 7. The van der Waals surface area contributed by atoms with Gasteiger partial charge in [0.25, 0.3) is 0 Å². The summed E-state index contributed by atoms with van der Waals surface area (Å²) in [5, 5.41) is 11.9. The van der Waals surface area contributed by atoms with Gasteiger partial charge in [-0.3, -0.25) is 4.79 Å². The van der Waals surface area contributed by atoms with Crippen molar-refractivity contribution in [3.05, 3.63) is 12.7 Å². The zero-order chi connectivity index (χ0) is 9.68. The summed E-state index contributed by atoms with van der Waals surface area (Å²) in [5.41, 5.74) is 0. The van der Waals surface area contributed by atoms with Crippen molar-refractivity contribution in [2.24, 2.45) is 5.92 Å². The van der Waals surface area contributed by atoms with E-state index in [2.05, 4.69) is 11.9 Å². The molecule has 0 amide bonds. The molecule has 1 unspecified atom stereocenters. The Morgan fingerprint density at radius 2 is 2.38 bits per heavy atom. The van der Waals surface area contributed by atoms with Crippen LogP contribution in [0.5, 0.6) is 0 Å². The molecule has 0 aromatic carbocycles. The van der Waals surface area contributed by atoms with Gasteiger partial charge in [-0.15, -0.1) is 6.58 Å². The molecule has 1 atom stereocenters. The van der Waals surface area contributed by atoms with Crippen LogP contribution in [0, 0.1) is 5.92 Å². The molecule has 0 aromatic heterocycles. The second-order valence-corrected chi connectivity index (χ2v) is 3.54. The Bertz CT molecular complexity index is 187. The van der Waals surface area contributed by atoms with Crippen LogP contribution in [-0.2, 0) is 4.79 Å². The summed E-state index contributed by atoms with van der Waals surface area (Å²) in [6, 6.07) is -0.315. The molecule has 3 heteroatoms. The molecular weight excluding hydrogens is 166 g/mol. The lowest BCUT2D eigenvalue weighted by atomic mass is 10.2. The molecule has 1 aliphatic carbocycles. The van der Waals surface area contributed by atoms with E-state index in [4.69, 9.17) is 5.11 Å². The molecule has 3 nitrogen and oxygen atoms in total. The maximum atomic E-state index is 10.8. The Morgan fingerprint density at radius 1 is 1.69 bits per heavy atom. The first-order valence-corrected chi connectivity index (χ1v) is 4.82. The number of carboxylic acid groups (broad SMARTS) is 1. The fraction of sp³-hybridized carbons (Fsp3) is 0.700. The van der Waals surface area contributed by atoms with E-state index in [1.165, 1.54) is 0 Å². The van der Waals surface area contributed by atoms with Crippen LogP contribution in [0.3, 0.4) is 0 Å². The van der Waals surface area contributed by atoms with Crippen LogP contribution >= 0.6 is 0 Å². The monoisotopic (exact) mass is 183 g/mol. The summed E-state index contributed by atoms with van der Waals surface area (Å²) >= 11 is 0. The van der Waals surface area contributed by atoms with Crippen molar-refractivity contribution in [2.75, 3.05) is 6.54 Å². The van der Waals surface area contributed by atoms with Crippen molar-refractivity contribution in [2.45, 2.75) is 31.7 Å². The van der Waals surface area contributed by atoms with Gasteiger partial charge in [0.1, 0.15) is 6.04 Å². The molecule has 1 saturated carbocycles. The quantitative estimate of drug-likeness (QED) is 0.463. The lowest BCUT2D eigenvalue weighted by Gasteiger charge is -2.12. The highest BCUT2D eigenvalue weighted by Crippen LogP contribution is 2.32. The van der Waals surface area contributed by atoms with Gasteiger partial charge in [0.05, 0.1) is 0 Å². The Balaban J connectivity index is 2.15. The largest absolute Gasteiger partial charge is 0.480 e. The van der Waals surface area contributed by atoms with E-state index >= 15 is 0 Å². The Hall–Kier alpha value is -0.830. The molecule has 13 heavy (non-hydrogen) atoms. The van der Waals surface area contributed by atoms with Gasteiger partial charge in [-0.2, -0.15) is 0 Å². The Morgan fingerprint density at radius 3 is 2.85 bits per heavy atom. The fourth-order valence-corrected chi connectivity index (χ4v) is 1.39. The number of nitrogens with one attached hydrogen (secondary N) is 1. The van der Waals surface area contributed by atoms with Gasteiger partial charge in [0.15, 0.2) is 0 Å². The van der Waals surface area contributed by atoms with Crippen LogP contribution in [0.1, 0.15) is 25.7 Å². The highest BCUT2D eigenvalue weighted by Gasteiger charge is 2.35. The summed E-state index contributed by atoms with van der Waals surface area (Å²) in [6.45, 7) is 4.39. The third kappa shape index (κ3) is 3.59. The fourth-order valence-electron chi connectivity index (χ4n) is 1.39. The van der Waals surface area contributed by atoms with Gasteiger partial charge in [-0.1, -0.05) is 6.08 Å². The zero-order valence-electron chi connectivity index (χ0n) is 7.83. The maximum Gasteiger partial charge on any atom is 0.320 e. The van der Waals surface area contributed by atoms with Crippen LogP contribution in [-0.4, -0.2) is 23.7 Å². The molecular formula is C10H17NO2. The van der Waals surface area contributed by atoms with Crippen molar-refractivity contribution in [1.82, 2.24) is 5.32 Å². The van der Waals surface area contributed by atoms with E-state index in [9.17, 15) is 4.79 Å². The van der Waals surface area contributed by atoms with E-state index in [1.807, 2.05) is 6.08 Å². The molecule has 2 N–H and O–H groups in total. The molecule has 0 aromatic rings.